The van der Waals surface area contributed by atoms with E-state index in [4.69, 9.17) is 11.6 Å². The van der Waals surface area contributed by atoms with Gasteiger partial charge in [0, 0.05) is 17.3 Å². The van der Waals surface area contributed by atoms with Crippen molar-refractivity contribution in [2.75, 3.05) is 5.32 Å². The lowest BCUT2D eigenvalue weighted by Crippen LogP contribution is -2.02. The molecule has 2 nitrogen and oxygen atoms in total. The Morgan fingerprint density at radius 3 is 2.58 bits per heavy atom. The first-order valence-corrected chi connectivity index (χ1v) is 6.33. The van der Waals surface area contributed by atoms with Crippen LogP contribution >= 0.6 is 11.6 Å². The number of aromatic hydroxyl groups is 1. The minimum absolute atomic E-state index is 0.280. The van der Waals surface area contributed by atoms with Crippen molar-refractivity contribution in [2.45, 2.75) is 20.4 Å². The highest BCUT2D eigenvalue weighted by atomic mass is 35.5. The van der Waals surface area contributed by atoms with Crippen molar-refractivity contribution in [3.8, 4) is 5.75 Å². The first kappa shape index (κ1) is 13.7. The van der Waals surface area contributed by atoms with Gasteiger partial charge in [0.15, 0.2) is 0 Å². The Labute approximate surface area is 116 Å². The molecule has 0 aliphatic carbocycles. The molecule has 0 saturated heterocycles. The van der Waals surface area contributed by atoms with Crippen LogP contribution in [-0.2, 0) is 6.54 Å². The van der Waals surface area contributed by atoms with Gasteiger partial charge in [-0.05, 0) is 54.8 Å². The van der Waals surface area contributed by atoms with E-state index in [1.54, 1.807) is 12.1 Å². The van der Waals surface area contributed by atoms with Gasteiger partial charge in [-0.2, -0.15) is 0 Å². The Morgan fingerprint density at radius 2 is 1.89 bits per heavy atom. The van der Waals surface area contributed by atoms with Gasteiger partial charge in [-0.3, -0.25) is 0 Å². The summed E-state index contributed by atoms with van der Waals surface area (Å²) >= 11 is 5.97. The maximum absolute atomic E-state index is 12.9. The van der Waals surface area contributed by atoms with Crippen LogP contribution in [0.2, 0.25) is 5.02 Å². The van der Waals surface area contributed by atoms with Crippen LogP contribution in [0.3, 0.4) is 0 Å². The van der Waals surface area contributed by atoms with Crippen molar-refractivity contribution >= 4 is 17.3 Å². The predicted octanol–water partition coefficient (Wildman–Crippen LogP) is 4.41. The van der Waals surface area contributed by atoms with E-state index in [2.05, 4.69) is 5.32 Å². The van der Waals surface area contributed by atoms with Gasteiger partial charge in [-0.1, -0.05) is 17.7 Å². The maximum atomic E-state index is 12.9. The number of phenols is 1. The lowest BCUT2D eigenvalue weighted by Gasteiger charge is -2.12. The molecule has 19 heavy (non-hydrogen) atoms. The maximum Gasteiger partial charge on any atom is 0.124 e. The standard InChI is InChI=1S/C15H15ClFNO/c1-9-6-15(19)10(2)5-14(9)18-8-11-3-4-12(17)7-13(11)16/h3-7,18-19H,8H2,1-2H3. The molecule has 2 aromatic rings. The lowest BCUT2D eigenvalue weighted by molar-refractivity contribution is 0.471. The Morgan fingerprint density at radius 1 is 1.16 bits per heavy atom. The largest absolute Gasteiger partial charge is 0.508 e. The zero-order chi connectivity index (χ0) is 14.0. The molecule has 0 bridgehead atoms. The van der Waals surface area contributed by atoms with Crippen LogP contribution < -0.4 is 5.32 Å². The van der Waals surface area contributed by atoms with E-state index < -0.39 is 0 Å². The van der Waals surface area contributed by atoms with Gasteiger partial charge >= 0.3 is 0 Å². The van der Waals surface area contributed by atoms with Crippen LogP contribution in [0, 0.1) is 19.7 Å². The number of hydrogen-bond donors (Lipinski definition) is 2. The number of aryl methyl sites for hydroxylation is 2. The van der Waals surface area contributed by atoms with Gasteiger partial charge in [0.1, 0.15) is 11.6 Å². The molecule has 0 atom stereocenters. The van der Waals surface area contributed by atoms with E-state index in [0.717, 1.165) is 22.4 Å². The summed E-state index contributed by atoms with van der Waals surface area (Å²) in [5.41, 5.74) is 3.50. The third-order valence-corrected chi connectivity index (χ3v) is 3.38. The number of nitrogens with one attached hydrogen (secondary N) is 1. The fraction of sp³-hybridized carbons (Fsp3) is 0.200. The van der Waals surface area contributed by atoms with Crippen molar-refractivity contribution < 1.29 is 9.50 Å². The zero-order valence-corrected chi connectivity index (χ0v) is 11.6. The molecule has 0 unspecified atom stereocenters. The Balaban J connectivity index is 2.16. The smallest absolute Gasteiger partial charge is 0.124 e. The lowest BCUT2D eigenvalue weighted by atomic mass is 10.1. The highest BCUT2D eigenvalue weighted by Crippen LogP contribution is 2.26. The fourth-order valence-electron chi connectivity index (χ4n) is 1.85. The van der Waals surface area contributed by atoms with Crippen LogP contribution in [0.5, 0.6) is 5.75 Å². The average Bonchev–Trinajstić information content (AvgIpc) is 2.34. The topological polar surface area (TPSA) is 32.3 Å². The first-order chi connectivity index (χ1) is 8.97. The quantitative estimate of drug-likeness (QED) is 0.816. The summed E-state index contributed by atoms with van der Waals surface area (Å²) in [7, 11) is 0. The van der Waals surface area contributed by atoms with Crippen LogP contribution in [0.1, 0.15) is 16.7 Å². The average molecular weight is 280 g/mol. The molecule has 0 aliphatic heterocycles. The second-order valence-electron chi connectivity index (χ2n) is 4.54. The number of phenolic OH excluding ortho intramolecular Hbond substituents is 1. The normalized spacial score (nSPS) is 10.5. The molecule has 100 valence electrons. The number of benzene rings is 2. The number of hydrogen-bond acceptors (Lipinski definition) is 2. The number of rotatable bonds is 3. The monoisotopic (exact) mass is 279 g/mol. The molecule has 0 amide bonds. The summed E-state index contributed by atoms with van der Waals surface area (Å²) in [6.07, 6.45) is 0. The van der Waals surface area contributed by atoms with Gasteiger partial charge in [0.05, 0.1) is 0 Å². The van der Waals surface area contributed by atoms with E-state index >= 15 is 0 Å². The van der Waals surface area contributed by atoms with Gasteiger partial charge in [-0.15, -0.1) is 0 Å². The summed E-state index contributed by atoms with van der Waals surface area (Å²) in [6.45, 7) is 4.25. The molecule has 0 fully saturated rings. The zero-order valence-electron chi connectivity index (χ0n) is 10.8. The fourth-order valence-corrected chi connectivity index (χ4v) is 2.08. The summed E-state index contributed by atoms with van der Waals surface area (Å²) in [5, 5.41) is 13.2. The van der Waals surface area contributed by atoms with Gasteiger partial charge in [-0.25, -0.2) is 4.39 Å². The molecular formula is C15H15ClFNO. The SMILES string of the molecule is Cc1cc(NCc2ccc(F)cc2Cl)c(C)cc1O. The van der Waals surface area contributed by atoms with E-state index in [1.165, 1.54) is 12.1 Å². The third kappa shape index (κ3) is 3.18. The number of anilines is 1. The predicted molar refractivity (Wildman–Crippen MR) is 76.3 cm³/mol. The highest BCUT2D eigenvalue weighted by Gasteiger charge is 2.05. The van der Waals surface area contributed by atoms with Crippen LogP contribution in [0.25, 0.3) is 0 Å². The molecule has 0 aromatic heterocycles. The molecule has 0 aliphatic rings. The summed E-state index contributed by atoms with van der Waals surface area (Å²) in [6, 6.07) is 7.94. The van der Waals surface area contributed by atoms with E-state index in [-0.39, 0.29) is 11.6 Å². The van der Waals surface area contributed by atoms with Gasteiger partial charge < -0.3 is 10.4 Å². The number of halogens is 2. The molecule has 0 radical (unpaired) electrons. The van der Waals surface area contributed by atoms with Gasteiger partial charge in [0.2, 0.25) is 0 Å². The second-order valence-corrected chi connectivity index (χ2v) is 4.95. The molecule has 0 spiro atoms. The minimum Gasteiger partial charge on any atom is -0.508 e. The van der Waals surface area contributed by atoms with Gasteiger partial charge in [0.25, 0.3) is 0 Å². The molecular weight excluding hydrogens is 265 g/mol. The molecule has 0 saturated carbocycles. The molecule has 0 heterocycles. The minimum atomic E-state index is -0.342. The first-order valence-electron chi connectivity index (χ1n) is 5.95. The highest BCUT2D eigenvalue weighted by molar-refractivity contribution is 6.31. The van der Waals surface area contributed by atoms with Crippen molar-refractivity contribution in [1.82, 2.24) is 0 Å². The van der Waals surface area contributed by atoms with Crippen molar-refractivity contribution in [2.24, 2.45) is 0 Å². The third-order valence-electron chi connectivity index (χ3n) is 3.03. The molecule has 2 aromatic carbocycles. The van der Waals surface area contributed by atoms with Crippen molar-refractivity contribution in [3.63, 3.8) is 0 Å². The van der Waals surface area contributed by atoms with Crippen LogP contribution in [-0.4, -0.2) is 5.11 Å². The molecule has 4 heteroatoms. The van der Waals surface area contributed by atoms with Crippen molar-refractivity contribution in [1.29, 1.82) is 0 Å². The Hall–Kier alpha value is -1.74. The van der Waals surface area contributed by atoms with E-state index in [9.17, 15) is 9.50 Å². The van der Waals surface area contributed by atoms with E-state index in [0.29, 0.717) is 11.6 Å². The summed E-state index contributed by atoms with van der Waals surface area (Å²) in [4.78, 5) is 0. The Bertz CT molecular complexity index is 613. The van der Waals surface area contributed by atoms with Crippen LogP contribution in [0.15, 0.2) is 30.3 Å². The molecule has 2 rings (SSSR count). The Kier molecular flexibility index (Phi) is 3.96. The van der Waals surface area contributed by atoms with E-state index in [1.807, 2.05) is 19.9 Å². The van der Waals surface area contributed by atoms with Crippen molar-refractivity contribution in [3.05, 3.63) is 57.9 Å². The molecule has 2 N–H and O–H groups in total. The summed E-state index contributed by atoms with van der Waals surface area (Å²) in [5.74, 6) is -0.0618. The second kappa shape index (κ2) is 5.49. The summed E-state index contributed by atoms with van der Waals surface area (Å²) < 4.78 is 12.9. The van der Waals surface area contributed by atoms with Crippen LogP contribution in [0.4, 0.5) is 10.1 Å².